The molecule has 0 bridgehead atoms. The maximum atomic E-state index is 11.7. The summed E-state index contributed by atoms with van der Waals surface area (Å²) in [5.41, 5.74) is 0.401. The summed E-state index contributed by atoms with van der Waals surface area (Å²) in [7, 11) is 0. The van der Waals surface area contributed by atoms with Crippen molar-refractivity contribution in [3.8, 4) is 11.5 Å². The van der Waals surface area contributed by atoms with Gasteiger partial charge < -0.3 is 15.5 Å². The molecule has 0 spiro atoms. The molecule has 0 saturated heterocycles. The average Bonchev–Trinajstić information content (AvgIpc) is 2.35. The van der Waals surface area contributed by atoms with E-state index < -0.39 is 6.04 Å². The number of rotatable bonds is 6. The summed E-state index contributed by atoms with van der Waals surface area (Å²) >= 11 is 0. The van der Waals surface area contributed by atoms with Crippen LogP contribution in [0.5, 0.6) is 11.5 Å². The zero-order chi connectivity index (χ0) is 14.4. The lowest BCUT2D eigenvalue weighted by Gasteiger charge is -2.21. The fourth-order valence-corrected chi connectivity index (χ4v) is 1.92. The van der Waals surface area contributed by atoms with E-state index >= 15 is 0 Å². The Morgan fingerprint density at radius 2 is 1.84 bits per heavy atom. The van der Waals surface area contributed by atoms with Crippen LogP contribution < -0.4 is 10.6 Å². The molecule has 1 aromatic rings. The summed E-state index contributed by atoms with van der Waals surface area (Å²) in [6, 6.07) is 3.85. The molecule has 2 atom stereocenters. The first-order valence-corrected chi connectivity index (χ1v) is 6.52. The van der Waals surface area contributed by atoms with E-state index in [0.29, 0.717) is 12.1 Å². The molecule has 5 heteroatoms. The summed E-state index contributed by atoms with van der Waals surface area (Å²) in [6.45, 7) is 6.17. The Labute approximate surface area is 113 Å². The second-order valence-corrected chi connectivity index (χ2v) is 4.61. The number of hydrogen-bond acceptors (Lipinski definition) is 4. The minimum atomic E-state index is -0.402. The first-order valence-electron chi connectivity index (χ1n) is 6.52. The normalized spacial score (nSPS) is 13.8. The van der Waals surface area contributed by atoms with Crippen LogP contribution >= 0.6 is 0 Å². The van der Waals surface area contributed by atoms with Crippen molar-refractivity contribution in [3.05, 3.63) is 23.8 Å². The van der Waals surface area contributed by atoms with Crippen LogP contribution in [0.1, 0.15) is 38.8 Å². The monoisotopic (exact) mass is 266 g/mol. The predicted molar refractivity (Wildman–Crippen MR) is 74.1 cm³/mol. The van der Waals surface area contributed by atoms with E-state index in [1.807, 2.05) is 6.92 Å². The van der Waals surface area contributed by atoms with Crippen LogP contribution in [0.25, 0.3) is 0 Å². The lowest BCUT2D eigenvalue weighted by Crippen LogP contribution is -2.43. The second kappa shape index (κ2) is 6.99. The van der Waals surface area contributed by atoms with Gasteiger partial charge in [-0.2, -0.15) is 0 Å². The van der Waals surface area contributed by atoms with Gasteiger partial charge in [0, 0.05) is 12.6 Å². The Morgan fingerprint density at radius 1 is 1.26 bits per heavy atom. The van der Waals surface area contributed by atoms with Crippen molar-refractivity contribution in [3.63, 3.8) is 0 Å². The highest BCUT2D eigenvalue weighted by Crippen LogP contribution is 2.32. The van der Waals surface area contributed by atoms with Crippen LogP contribution in [0.15, 0.2) is 18.2 Å². The van der Waals surface area contributed by atoms with Crippen molar-refractivity contribution in [2.75, 3.05) is 6.54 Å². The molecular weight excluding hydrogens is 244 g/mol. The highest BCUT2D eigenvalue weighted by Gasteiger charge is 2.20. The van der Waals surface area contributed by atoms with Gasteiger partial charge in [-0.15, -0.1) is 0 Å². The number of phenols is 2. The van der Waals surface area contributed by atoms with Gasteiger partial charge in [0.15, 0.2) is 0 Å². The SMILES string of the molecule is CCCNC(=O)C(C)NC(C)c1c(O)cccc1O. The molecule has 1 amide bonds. The zero-order valence-electron chi connectivity index (χ0n) is 11.6. The largest absolute Gasteiger partial charge is 0.507 e. The lowest BCUT2D eigenvalue weighted by atomic mass is 10.0. The molecule has 5 nitrogen and oxygen atoms in total. The molecule has 4 N–H and O–H groups in total. The van der Waals surface area contributed by atoms with E-state index in [1.54, 1.807) is 19.9 Å². The van der Waals surface area contributed by atoms with Crippen LogP contribution in [-0.4, -0.2) is 28.7 Å². The molecule has 1 aromatic carbocycles. The van der Waals surface area contributed by atoms with Gasteiger partial charge in [0.25, 0.3) is 0 Å². The first kappa shape index (κ1) is 15.3. The number of nitrogens with one attached hydrogen (secondary N) is 2. The first-order chi connectivity index (χ1) is 8.97. The standard InChI is InChI=1S/C14H22N2O3/c1-4-8-15-14(19)10(3)16-9(2)13-11(17)6-5-7-12(13)18/h5-7,9-10,16-18H,4,8H2,1-3H3,(H,15,19). The summed E-state index contributed by atoms with van der Waals surface area (Å²) in [6.07, 6.45) is 0.883. The Balaban J connectivity index is 2.69. The number of carbonyl (C=O) groups excluding carboxylic acids is 1. The Hall–Kier alpha value is -1.75. The molecule has 1 rings (SSSR count). The molecule has 2 unspecified atom stereocenters. The van der Waals surface area contributed by atoms with Gasteiger partial charge >= 0.3 is 0 Å². The number of phenolic OH excluding ortho intramolecular Hbond substituents is 2. The van der Waals surface area contributed by atoms with E-state index in [4.69, 9.17) is 0 Å². The van der Waals surface area contributed by atoms with Gasteiger partial charge in [-0.05, 0) is 32.4 Å². The molecule has 0 heterocycles. The molecule has 0 radical (unpaired) electrons. The average molecular weight is 266 g/mol. The van der Waals surface area contributed by atoms with Crippen molar-refractivity contribution in [2.45, 2.75) is 39.3 Å². The molecular formula is C14H22N2O3. The van der Waals surface area contributed by atoms with Gasteiger partial charge in [0.1, 0.15) is 11.5 Å². The summed E-state index contributed by atoms with van der Waals surface area (Å²) < 4.78 is 0. The topological polar surface area (TPSA) is 81.6 Å². The number of aromatic hydroxyl groups is 2. The maximum absolute atomic E-state index is 11.7. The predicted octanol–water partition coefficient (Wildman–Crippen LogP) is 1.66. The summed E-state index contributed by atoms with van der Waals surface area (Å²) in [4.78, 5) is 11.7. The van der Waals surface area contributed by atoms with Crippen LogP contribution in [0, 0.1) is 0 Å². The number of carbonyl (C=O) groups is 1. The molecule has 0 aliphatic heterocycles. The lowest BCUT2D eigenvalue weighted by molar-refractivity contribution is -0.122. The van der Waals surface area contributed by atoms with Crippen molar-refractivity contribution < 1.29 is 15.0 Å². The van der Waals surface area contributed by atoms with Crippen molar-refractivity contribution in [2.24, 2.45) is 0 Å². The highest BCUT2D eigenvalue weighted by atomic mass is 16.3. The van der Waals surface area contributed by atoms with Crippen molar-refractivity contribution in [1.29, 1.82) is 0 Å². The molecule has 0 saturated carbocycles. The fraction of sp³-hybridized carbons (Fsp3) is 0.500. The maximum Gasteiger partial charge on any atom is 0.236 e. The van der Waals surface area contributed by atoms with Gasteiger partial charge in [0.05, 0.1) is 11.6 Å². The molecule has 0 aliphatic carbocycles. The van der Waals surface area contributed by atoms with Gasteiger partial charge in [0.2, 0.25) is 5.91 Å². The number of benzene rings is 1. The van der Waals surface area contributed by atoms with E-state index in [0.717, 1.165) is 6.42 Å². The Bertz CT molecular complexity index is 414. The summed E-state index contributed by atoms with van der Waals surface area (Å²) in [5.74, 6) is -0.0639. The molecule has 0 aliphatic rings. The van der Waals surface area contributed by atoms with E-state index in [9.17, 15) is 15.0 Å². The molecule has 106 valence electrons. The fourth-order valence-electron chi connectivity index (χ4n) is 1.92. The van der Waals surface area contributed by atoms with E-state index in [1.165, 1.54) is 12.1 Å². The number of amides is 1. The molecule has 0 aromatic heterocycles. The van der Waals surface area contributed by atoms with Crippen LogP contribution in [0.4, 0.5) is 0 Å². The minimum Gasteiger partial charge on any atom is -0.507 e. The molecule has 0 fully saturated rings. The van der Waals surface area contributed by atoms with Crippen molar-refractivity contribution in [1.82, 2.24) is 10.6 Å². The van der Waals surface area contributed by atoms with E-state index in [2.05, 4.69) is 10.6 Å². The van der Waals surface area contributed by atoms with Crippen molar-refractivity contribution >= 4 is 5.91 Å². The van der Waals surface area contributed by atoms with Gasteiger partial charge in [-0.3, -0.25) is 10.1 Å². The zero-order valence-corrected chi connectivity index (χ0v) is 11.6. The van der Waals surface area contributed by atoms with E-state index in [-0.39, 0.29) is 23.4 Å². The van der Waals surface area contributed by atoms with Gasteiger partial charge in [-0.25, -0.2) is 0 Å². The van der Waals surface area contributed by atoms with Gasteiger partial charge in [-0.1, -0.05) is 13.0 Å². The molecule has 19 heavy (non-hydrogen) atoms. The minimum absolute atomic E-state index is 0.0150. The summed E-state index contributed by atoms with van der Waals surface area (Å²) in [5, 5.41) is 25.4. The number of hydrogen-bond donors (Lipinski definition) is 4. The van der Waals surface area contributed by atoms with Crippen LogP contribution in [0.2, 0.25) is 0 Å². The Kier molecular flexibility index (Phi) is 5.63. The highest BCUT2D eigenvalue weighted by molar-refractivity contribution is 5.81. The third kappa shape index (κ3) is 4.13. The quantitative estimate of drug-likeness (QED) is 0.631. The third-order valence-corrected chi connectivity index (χ3v) is 2.94. The van der Waals surface area contributed by atoms with Crippen LogP contribution in [0.3, 0.4) is 0 Å². The smallest absolute Gasteiger partial charge is 0.236 e. The Morgan fingerprint density at radius 3 is 2.37 bits per heavy atom. The second-order valence-electron chi connectivity index (χ2n) is 4.61. The van der Waals surface area contributed by atoms with Crippen LogP contribution in [-0.2, 0) is 4.79 Å². The third-order valence-electron chi connectivity index (χ3n) is 2.94.